The maximum absolute atomic E-state index is 13.0. The Morgan fingerprint density at radius 3 is 3.09 bits per heavy atom. The lowest BCUT2D eigenvalue weighted by Crippen LogP contribution is -2.41. The van der Waals surface area contributed by atoms with E-state index in [1.54, 1.807) is 23.9 Å². The molecule has 3 aromatic rings. The van der Waals surface area contributed by atoms with Gasteiger partial charge in [0.2, 0.25) is 5.88 Å². The summed E-state index contributed by atoms with van der Waals surface area (Å²) < 4.78 is 18.5. The van der Waals surface area contributed by atoms with E-state index in [2.05, 4.69) is 15.4 Å². The number of amides is 1. The van der Waals surface area contributed by atoms with Gasteiger partial charge in [-0.05, 0) is 23.8 Å². The number of nitrogens with one attached hydrogen (secondary N) is 1. The molecule has 2 aliphatic rings. The van der Waals surface area contributed by atoms with E-state index in [1.807, 2.05) is 29.3 Å². The fourth-order valence-electron chi connectivity index (χ4n) is 4.19. The molecule has 0 aliphatic carbocycles. The molecular weight excluding hydrogens is 434 g/mol. The van der Waals surface area contributed by atoms with E-state index in [9.17, 15) is 4.79 Å². The van der Waals surface area contributed by atoms with Gasteiger partial charge in [-0.25, -0.2) is 4.52 Å². The number of aromatic nitrogens is 3. The molecule has 10 heteroatoms. The maximum atomic E-state index is 13.0. The van der Waals surface area contributed by atoms with Gasteiger partial charge in [-0.2, -0.15) is 10.1 Å². The third-order valence-corrected chi connectivity index (χ3v) is 5.97. The van der Waals surface area contributed by atoms with Crippen molar-refractivity contribution in [1.82, 2.24) is 19.5 Å². The van der Waals surface area contributed by atoms with E-state index in [1.165, 1.54) is 0 Å². The molecule has 168 valence electrons. The molecule has 4 bridgehead atoms. The fourth-order valence-corrected chi connectivity index (χ4v) is 4.42. The number of hydrogen-bond donors (Lipinski definition) is 1. The molecule has 4 heterocycles. The summed E-state index contributed by atoms with van der Waals surface area (Å²) in [5.41, 5.74) is 3.31. The Morgan fingerprint density at radius 2 is 2.22 bits per heavy atom. The van der Waals surface area contributed by atoms with Crippen LogP contribution in [0.2, 0.25) is 5.02 Å². The molecule has 5 rings (SSSR count). The number of hydrogen-bond acceptors (Lipinski definition) is 7. The average Bonchev–Trinajstić information content (AvgIpc) is 3.33. The van der Waals surface area contributed by atoms with E-state index in [4.69, 9.17) is 25.8 Å². The SMILES string of the molecule is COCCO[C@@H]1C[C@H]2COc3ccn4ncc(c4n3)-c3cc(Cl)cc(c3)NCCN2C1=O. The van der Waals surface area contributed by atoms with Crippen molar-refractivity contribution in [2.45, 2.75) is 18.6 Å². The largest absolute Gasteiger partial charge is 0.475 e. The topological polar surface area (TPSA) is 90.2 Å². The van der Waals surface area contributed by atoms with E-state index in [0.29, 0.717) is 55.9 Å². The molecule has 0 unspecified atom stereocenters. The summed E-state index contributed by atoms with van der Waals surface area (Å²) in [6, 6.07) is 7.41. The molecule has 0 saturated carbocycles. The molecule has 1 fully saturated rings. The van der Waals surface area contributed by atoms with Gasteiger partial charge in [0.15, 0.2) is 5.65 Å². The predicted molar refractivity (Wildman–Crippen MR) is 119 cm³/mol. The van der Waals surface area contributed by atoms with E-state index >= 15 is 0 Å². The van der Waals surface area contributed by atoms with Crippen LogP contribution in [0.1, 0.15) is 6.42 Å². The van der Waals surface area contributed by atoms with Crippen molar-refractivity contribution in [3.05, 3.63) is 41.7 Å². The zero-order valence-electron chi connectivity index (χ0n) is 17.7. The second kappa shape index (κ2) is 8.93. The van der Waals surface area contributed by atoms with Crippen LogP contribution in [0, 0.1) is 0 Å². The molecule has 2 aliphatic heterocycles. The van der Waals surface area contributed by atoms with Crippen LogP contribution in [0.5, 0.6) is 5.88 Å². The highest BCUT2D eigenvalue weighted by atomic mass is 35.5. The summed E-state index contributed by atoms with van der Waals surface area (Å²) in [6.45, 7) is 2.24. The minimum atomic E-state index is -0.496. The number of anilines is 1. The predicted octanol–water partition coefficient (Wildman–Crippen LogP) is 2.49. The van der Waals surface area contributed by atoms with E-state index in [-0.39, 0.29) is 11.9 Å². The summed E-state index contributed by atoms with van der Waals surface area (Å²) >= 11 is 6.39. The Bertz CT molecular complexity index is 1140. The lowest BCUT2D eigenvalue weighted by atomic mass is 10.1. The molecule has 2 atom stereocenters. The zero-order chi connectivity index (χ0) is 22.1. The zero-order valence-corrected chi connectivity index (χ0v) is 18.4. The van der Waals surface area contributed by atoms with Crippen molar-refractivity contribution in [2.75, 3.05) is 45.3 Å². The van der Waals surface area contributed by atoms with Crippen molar-refractivity contribution < 1.29 is 19.0 Å². The number of ether oxygens (including phenoxy) is 3. The number of halogens is 1. The van der Waals surface area contributed by atoms with Gasteiger partial charge in [0.1, 0.15) is 12.7 Å². The quantitative estimate of drug-likeness (QED) is 0.602. The van der Waals surface area contributed by atoms with Crippen LogP contribution < -0.4 is 10.1 Å². The van der Waals surface area contributed by atoms with Crippen LogP contribution in [-0.2, 0) is 14.3 Å². The molecule has 1 aromatic carbocycles. The van der Waals surface area contributed by atoms with Crippen molar-refractivity contribution in [3.8, 4) is 17.0 Å². The van der Waals surface area contributed by atoms with Crippen LogP contribution >= 0.6 is 11.6 Å². The highest BCUT2D eigenvalue weighted by Crippen LogP contribution is 2.31. The standard InChI is InChI=1S/C22H24ClN5O4/c1-30-6-7-31-19-11-17-13-32-20-2-4-28-21(26-20)18(12-25-28)14-8-15(23)10-16(9-14)24-3-5-27(17)22(19)29/h2,4,8-10,12,17,19,24H,3,5-7,11,13H2,1H3/t17-,19+/m0/s1. The highest BCUT2D eigenvalue weighted by molar-refractivity contribution is 6.31. The third-order valence-electron chi connectivity index (χ3n) is 5.75. The summed E-state index contributed by atoms with van der Waals surface area (Å²) in [4.78, 5) is 19.5. The van der Waals surface area contributed by atoms with Crippen molar-refractivity contribution >= 4 is 28.8 Å². The molecule has 1 saturated heterocycles. The highest BCUT2D eigenvalue weighted by Gasteiger charge is 2.40. The van der Waals surface area contributed by atoms with Gasteiger partial charge < -0.3 is 24.4 Å². The summed E-state index contributed by atoms with van der Waals surface area (Å²) in [6.07, 6.45) is 3.64. The first kappa shape index (κ1) is 21.0. The van der Waals surface area contributed by atoms with Crippen LogP contribution in [0.15, 0.2) is 36.7 Å². The summed E-state index contributed by atoms with van der Waals surface area (Å²) in [7, 11) is 1.61. The Labute approximate surface area is 190 Å². The third kappa shape index (κ3) is 4.11. The van der Waals surface area contributed by atoms with Crippen molar-refractivity contribution in [3.63, 3.8) is 0 Å². The monoisotopic (exact) mass is 457 g/mol. The van der Waals surface area contributed by atoms with Gasteiger partial charge in [0, 0.05) is 55.2 Å². The van der Waals surface area contributed by atoms with Crippen molar-refractivity contribution in [2.24, 2.45) is 0 Å². The molecule has 2 aromatic heterocycles. The first-order valence-electron chi connectivity index (χ1n) is 10.6. The second-order valence-corrected chi connectivity index (χ2v) is 8.27. The van der Waals surface area contributed by atoms with Gasteiger partial charge >= 0.3 is 0 Å². The molecular formula is C22H24ClN5O4. The summed E-state index contributed by atoms with van der Waals surface area (Å²) in [5, 5.41) is 8.38. The Kier molecular flexibility index (Phi) is 5.86. The number of carbonyl (C=O) groups is 1. The molecule has 32 heavy (non-hydrogen) atoms. The van der Waals surface area contributed by atoms with Gasteiger partial charge in [-0.1, -0.05) is 11.6 Å². The lowest BCUT2D eigenvalue weighted by Gasteiger charge is -2.25. The number of fused-ring (bicyclic) bond motifs is 5. The second-order valence-electron chi connectivity index (χ2n) is 7.83. The smallest absolute Gasteiger partial charge is 0.252 e. The summed E-state index contributed by atoms with van der Waals surface area (Å²) in [5.74, 6) is 0.449. The van der Waals surface area contributed by atoms with Gasteiger partial charge in [-0.15, -0.1) is 0 Å². The minimum Gasteiger partial charge on any atom is -0.475 e. The molecule has 0 spiro atoms. The van der Waals surface area contributed by atoms with E-state index < -0.39 is 6.10 Å². The van der Waals surface area contributed by atoms with Crippen molar-refractivity contribution in [1.29, 1.82) is 0 Å². The maximum Gasteiger partial charge on any atom is 0.252 e. The number of carbonyl (C=O) groups excluding carboxylic acids is 1. The van der Waals surface area contributed by atoms with Crippen LogP contribution in [0.25, 0.3) is 16.8 Å². The average molecular weight is 458 g/mol. The first-order chi connectivity index (χ1) is 15.6. The van der Waals surface area contributed by atoms with Crippen LogP contribution in [0.3, 0.4) is 0 Å². The van der Waals surface area contributed by atoms with Crippen LogP contribution in [0.4, 0.5) is 5.69 Å². The normalized spacial score (nSPS) is 20.7. The molecule has 1 amide bonds. The molecule has 1 N–H and O–H groups in total. The minimum absolute atomic E-state index is 0.0307. The lowest BCUT2D eigenvalue weighted by molar-refractivity contribution is -0.138. The molecule has 0 radical (unpaired) electrons. The van der Waals surface area contributed by atoms with Gasteiger partial charge in [-0.3, -0.25) is 4.79 Å². The van der Waals surface area contributed by atoms with Crippen LogP contribution in [-0.4, -0.2) is 77.6 Å². The van der Waals surface area contributed by atoms with Gasteiger partial charge in [0.05, 0.1) is 25.5 Å². The number of rotatable bonds is 4. The number of benzene rings is 1. The van der Waals surface area contributed by atoms with E-state index in [0.717, 1.165) is 16.8 Å². The number of methoxy groups -OCH3 is 1. The molecule has 9 nitrogen and oxygen atoms in total. The Morgan fingerprint density at radius 1 is 1.31 bits per heavy atom. The fraction of sp³-hybridized carbons (Fsp3) is 0.409. The van der Waals surface area contributed by atoms with Gasteiger partial charge in [0.25, 0.3) is 5.91 Å². The first-order valence-corrected chi connectivity index (χ1v) is 10.9. The Balaban J connectivity index is 1.47. The Hall–Kier alpha value is -2.88. The number of nitrogens with zero attached hydrogens (tertiary/aromatic N) is 4.